The molecule has 0 spiro atoms. The number of hydrogen-bond acceptors (Lipinski definition) is 2. The molecule has 1 heterocycles. The Labute approximate surface area is 90.0 Å². The summed E-state index contributed by atoms with van der Waals surface area (Å²) in [6.45, 7) is 3.20. The molecule has 2 aliphatic rings. The van der Waals surface area contributed by atoms with Crippen LogP contribution in [0.15, 0.2) is 0 Å². The van der Waals surface area contributed by atoms with E-state index in [1.54, 1.807) is 0 Å². The number of alkyl halides is 2. The van der Waals surface area contributed by atoms with Gasteiger partial charge in [0.05, 0.1) is 6.54 Å². The van der Waals surface area contributed by atoms with Crippen LogP contribution in [0.4, 0.5) is 8.78 Å². The summed E-state index contributed by atoms with van der Waals surface area (Å²) in [5.41, 5.74) is 0. The molecule has 88 valence electrons. The van der Waals surface area contributed by atoms with Crippen molar-refractivity contribution in [3.63, 3.8) is 0 Å². The topological polar surface area (TPSA) is 15.3 Å². The Morgan fingerprint density at radius 3 is 2.33 bits per heavy atom. The van der Waals surface area contributed by atoms with E-state index < -0.39 is 5.92 Å². The quantitative estimate of drug-likeness (QED) is 0.776. The molecule has 1 N–H and O–H groups in total. The van der Waals surface area contributed by atoms with Gasteiger partial charge in [-0.1, -0.05) is 12.8 Å². The molecule has 0 atom stereocenters. The predicted octanol–water partition coefficient (Wildman–Crippen LogP) is 1.72. The van der Waals surface area contributed by atoms with Gasteiger partial charge in [-0.25, -0.2) is 8.78 Å². The average Bonchev–Trinajstić information content (AvgIpc) is 2.71. The van der Waals surface area contributed by atoms with Crippen molar-refractivity contribution in [2.45, 2.75) is 31.6 Å². The second-order valence-corrected chi connectivity index (χ2v) is 4.77. The van der Waals surface area contributed by atoms with Crippen molar-refractivity contribution in [3.8, 4) is 0 Å². The molecule has 2 rings (SSSR count). The van der Waals surface area contributed by atoms with Crippen LogP contribution in [0.3, 0.4) is 0 Å². The van der Waals surface area contributed by atoms with Crippen LogP contribution >= 0.6 is 0 Å². The third-order valence-electron chi connectivity index (χ3n) is 3.60. The van der Waals surface area contributed by atoms with E-state index in [9.17, 15) is 8.78 Å². The van der Waals surface area contributed by atoms with Crippen molar-refractivity contribution in [2.24, 2.45) is 5.92 Å². The van der Waals surface area contributed by atoms with Crippen molar-refractivity contribution >= 4 is 0 Å². The van der Waals surface area contributed by atoms with Crippen molar-refractivity contribution in [2.75, 3.05) is 32.7 Å². The van der Waals surface area contributed by atoms with Crippen LogP contribution in [0.5, 0.6) is 0 Å². The Balaban J connectivity index is 1.84. The molecule has 15 heavy (non-hydrogen) atoms. The smallest absolute Gasteiger partial charge is 0.263 e. The zero-order valence-electron chi connectivity index (χ0n) is 9.14. The summed E-state index contributed by atoms with van der Waals surface area (Å²) in [5, 5.41) is 3.18. The van der Waals surface area contributed by atoms with E-state index in [0.717, 1.165) is 51.9 Å². The van der Waals surface area contributed by atoms with E-state index in [0.29, 0.717) is 0 Å². The van der Waals surface area contributed by atoms with Crippen molar-refractivity contribution in [3.05, 3.63) is 0 Å². The second-order valence-electron chi connectivity index (χ2n) is 4.77. The van der Waals surface area contributed by atoms with E-state index in [1.807, 2.05) is 4.90 Å². The van der Waals surface area contributed by atoms with Crippen LogP contribution < -0.4 is 5.32 Å². The maximum Gasteiger partial charge on any atom is 0.263 e. The fourth-order valence-electron chi connectivity index (χ4n) is 2.64. The Morgan fingerprint density at radius 2 is 1.73 bits per heavy atom. The standard InChI is InChI=1S/C11H20F2N2/c12-11(13,10-3-1-2-4-10)9-15-7-5-14-6-8-15/h10,14H,1-9H2. The first-order valence-electron chi connectivity index (χ1n) is 5.99. The van der Waals surface area contributed by atoms with Crippen molar-refractivity contribution < 1.29 is 8.78 Å². The van der Waals surface area contributed by atoms with E-state index in [4.69, 9.17) is 0 Å². The molecule has 2 nitrogen and oxygen atoms in total. The zero-order chi connectivity index (χ0) is 10.7. The Hall–Kier alpha value is -0.220. The molecule has 0 aromatic heterocycles. The van der Waals surface area contributed by atoms with Crippen LogP contribution in [0, 0.1) is 5.92 Å². The highest BCUT2D eigenvalue weighted by Crippen LogP contribution is 2.38. The summed E-state index contributed by atoms with van der Waals surface area (Å²) in [6.07, 6.45) is 3.42. The van der Waals surface area contributed by atoms with E-state index in [1.165, 1.54) is 0 Å². The van der Waals surface area contributed by atoms with Gasteiger partial charge in [-0.15, -0.1) is 0 Å². The number of nitrogens with one attached hydrogen (secondary N) is 1. The van der Waals surface area contributed by atoms with Gasteiger partial charge in [-0.05, 0) is 12.8 Å². The van der Waals surface area contributed by atoms with Gasteiger partial charge >= 0.3 is 0 Å². The lowest BCUT2D eigenvalue weighted by atomic mass is 9.99. The fraction of sp³-hybridized carbons (Fsp3) is 1.00. The molecule has 2 fully saturated rings. The lowest BCUT2D eigenvalue weighted by Gasteiger charge is -2.33. The third-order valence-corrected chi connectivity index (χ3v) is 3.60. The molecule has 1 aliphatic heterocycles. The van der Waals surface area contributed by atoms with Gasteiger partial charge in [0, 0.05) is 32.1 Å². The molecule has 0 amide bonds. The first kappa shape index (κ1) is 11.3. The van der Waals surface area contributed by atoms with Gasteiger partial charge in [0.15, 0.2) is 0 Å². The first-order valence-corrected chi connectivity index (χ1v) is 5.99. The lowest BCUT2D eigenvalue weighted by molar-refractivity contribution is -0.0814. The fourth-order valence-corrected chi connectivity index (χ4v) is 2.64. The van der Waals surface area contributed by atoms with Gasteiger partial charge < -0.3 is 5.32 Å². The van der Waals surface area contributed by atoms with Crippen LogP contribution in [0.25, 0.3) is 0 Å². The molecular weight excluding hydrogens is 198 g/mol. The van der Waals surface area contributed by atoms with Crippen LogP contribution in [-0.2, 0) is 0 Å². The van der Waals surface area contributed by atoms with Gasteiger partial charge in [0.1, 0.15) is 0 Å². The molecule has 4 heteroatoms. The predicted molar refractivity (Wildman–Crippen MR) is 56.2 cm³/mol. The minimum absolute atomic E-state index is 0.0284. The Bertz CT molecular complexity index is 197. The van der Waals surface area contributed by atoms with Gasteiger partial charge in [0.25, 0.3) is 5.92 Å². The highest BCUT2D eigenvalue weighted by Gasteiger charge is 2.42. The summed E-state index contributed by atoms with van der Waals surface area (Å²) in [5.74, 6) is -2.82. The monoisotopic (exact) mass is 218 g/mol. The highest BCUT2D eigenvalue weighted by atomic mass is 19.3. The normalized spacial score (nSPS) is 26.0. The highest BCUT2D eigenvalue weighted by molar-refractivity contribution is 4.85. The largest absolute Gasteiger partial charge is 0.314 e. The number of halogens is 2. The number of rotatable bonds is 3. The van der Waals surface area contributed by atoms with Gasteiger partial charge in [0.2, 0.25) is 0 Å². The minimum atomic E-state index is -2.46. The summed E-state index contributed by atoms with van der Waals surface area (Å²) in [6, 6.07) is 0. The Kier molecular flexibility index (Phi) is 3.57. The SMILES string of the molecule is FC(F)(CN1CCNCC1)C1CCCC1. The first-order chi connectivity index (χ1) is 7.18. The van der Waals surface area contributed by atoms with Gasteiger partial charge in [-0.3, -0.25) is 4.90 Å². The average molecular weight is 218 g/mol. The minimum Gasteiger partial charge on any atom is -0.314 e. The maximum absolute atomic E-state index is 13.9. The molecule has 0 bridgehead atoms. The van der Waals surface area contributed by atoms with E-state index in [2.05, 4.69) is 5.32 Å². The molecule has 1 aliphatic carbocycles. The second kappa shape index (κ2) is 4.74. The maximum atomic E-state index is 13.9. The lowest BCUT2D eigenvalue weighted by Crippen LogP contribution is -2.49. The van der Waals surface area contributed by atoms with Crippen LogP contribution in [0.2, 0.25) is 0 Å². The molecule has 0 aromatic rings. The third kappa shape index (κ3) is 2.88. The number of piperazine rings is 1. The van der Waals surface area contributed by atoms with E-state index >= 15 is 0 Å². The molecular formula is C11H20F2N2. The van der Waals surface area contributed by atoms with Crippen molar-refractivity contribution in [1.82, 2.24) is 10.2 Å². The molecule has 0 radical (unpaired) electrons. The zero-order valence-corrected chi connectivity index (χ0v) is 9.14. The molecule has 1 saturated carbocycles. The van der Waals surface area contributed by atoms with Crippen LogP contribution in [-0.4, -0.2) is 43.5 Å². The summed E-state index contributed by atoms with van der Waals surface area (Å²) < 4.78 is 27.7. The summed E-state index contributed by atoms with van der Waals surface area (Å²) >= 11 is 0. The number of nitrogens with zero attached hydrogens (tertiary/aromatic N) is 1. The molecule has 0 unspecified atom stereocenters. The summed E-state index contributed by atoms with van der Waals surface area (Å²) in [7, 11) is 0. The summed E-state index contributed by atoms with van der Waals surface area (Å²) in [4.78, 5) is 1.90. The van der Waals surface area contributed by atoms with Crippen LogP contribution in [0.1, 0.15) is 25.7 Å². The molecule has 1 saturated heterocycles. The Morgan fingerprint density at radius 1 is 1.13 bits per heavy atom. The van der Waals surface area contributed by atoms with Gasteiger partial charge in [-0.2, -0.15) is 0 Å². The molecule has 0 aromatic carbocycles. The van der Waals surface area contributed by atoms with E-state index in [-0.39, 0.29) is 12.5 Å². The number of hydrogen-bond donors (Lipinski definition) is 1. The van der Waals surface area contributed by atoms with Crippen molar-refractivity contribution in [1.29, 1.82) is 0 Å².